The van der Waals surface area contributed by atoms with Gasteiger partial charge in [-0.25, -0.2) is 9.37 Å². The summed E-state index contributed by atoms with van der Waals surface area (Å²) in [6.45, 7) is 4.66. The van der Waals surface area contributed by atoms with E-state index < -0.39 is 0 Å². The maximum absolute atomic E-state index is 14.0. The van der Waals surface area contributed by atoms with Crippen LogP contribution in [0.5, 0.6) is 0 Å². The van der Waals surface area contributed by atoms with E-state index in [9.17, 15) is 9.18 Å². The SMILES string of the molecule is Cc1ccccc1-c1cc(=O)[nH]c(N2CCN(c3ccccc3F)CC2)n1. The predicted molar refractivity (Wildman–Crippen MR) is 106 cm³/mol. The molecule has 1 N–H and O–H groups in total. The number of hydrogen-bond donors (Lipinski definition) is 1. The first-order valence-corrected chi connectivity index (χ1v) is 9.03. The maximum atomic E-state index is 14.0. The van der Waals surface area contributed by atoms with Crippen LogP contribution in [-0.2, 0) is 0 Å². The van der Waals surface area contributed by atoms with Crippen LogP contribution in [0.2, 0.25) is 0 Å². The fourth-order valence-corrected chi connectivity index (χ4v) is 3.46. The number of aromatic nitrogens is 2. The zero-order chi connectivity index (χ0) is 18.8. The first-order chi connectivity index (χ1) is 13.1. The number of piperazine rings is 1. The molecule has 2 aromatic carbocycles. The largest absolute Gasteiger partial charge is 0.366 e. The van der Waals surface area contributed by atoms with Crippen LogP contribution in [0.4, 0.5) is 16.0 Å². The van der Waals surface area contributed by atoms with Crippen LogP contribution in [0.25, 0.3) is 11.3 Å². The lowest BCUT2D eigenvalue weighted by Crippen LogP contribution is -2.47. The zero-order valence-electron chi connectivity index (χ0n) is 15.2. The molecule has 1 aliphatic rings. The molecule has 0 saturated carbocycles. The Kier molecular flexibility index (Phi) is 4.62. The molecule has 3 aromatic rings. The van der Waals surface area contributed by atoms with Crippen LogP contribution in [0.15, 0.2) is 59.4 Å². The number of nitrogens with zero attached hydrogens (tertiary/aromatic N) is 3. The zero-order valence-corrected chi connectivity index (χ0v) is 15.2. The van der Waals surface area contributed by atoms with Crippen molar-refractivity contribution in [3.8, 4) is 11.3 Å². The Morgan fingerprint density at radius 3 is 2.37 bits per heavy atom. The topological polar surface area (TPSA) is 52.2 Å². The van der Waals surface area contributed by atoms with E-state index in [1.165, 1.54) is 12.1 Å². The molecule has 0 unspecified atom stereocenters. The normalized spacial score (nSPS) is 14.4. The second-order valence-electron chi connectivity index (χ2n) is 6.69. The molecule has 0 radical (unpaired) electrons. The van der Waals surface area contributed by atoms with Crippen molar-refractivity contribution < 1.29 is 4.39 Å². The molecule has 1 saturated heterocycles. The van der Waals surface area contributed by atoms with Gasteiger partial charge < -0.3 is 9.80 Å². The highest BCUT2D eigenvalue weighted by Gasteiger charge is 2.21. The molecule has 0 amide bonds. The molecule has 0 bridgehead atoms. The second-order valence-corrected chi connectivity index (χ2v) is 6.69. The summed E-state index contributed by atoms with van der Waals surface area (Å²) in [5.41, 5.74) is 3.14. The number of para-hydroxylation sites is 1. The average Bonchev–Trinajstić information content (AvgIpc) is 2.68. The van der Waals surface area contributed by atoms with Crippen LogP contribution in [0.1, 0.15) is 5.56 Å². The van der Waals surface area contributed by atoms with E-state index in [0.29, 0.717) is 43.5 Å². The smallest absolute Gasteiger partial charge is 0.252 e. The lowest BCUT2D eigenvalue weighted by molar-refractivity contribution is 0.594. The van der Waals surface area contributed by atoms with E-state index in [-0.39, 0.29) is 11.4 Å². The number of H-pyrrole nitrogens is 1. The molecule has 138 valence electrons. The van der Waals surface area contributed by atoms with Gasteiger partial charge in [-0.2, -0.15) is 0 Å². The molecule has 1 aromatic heterocycles. The fraction of sp³-hybridized carbons (Fsp3) is 0.238. The third-order valence-corrected chi connectivity index (χ3v) is 4.92. The summed E-state index contributed by atoms with van der Waals surface area (Å²) in [6.07, 6.45) is 0. The van der Waals surface area contributed by atoms with Gasteiger partial charge in [-0.3, -0.25) is 9.78 Å². The van der Waals surface area contributed by atoms with Gasteiger partial charge in [0.1, 0.15) is 5.82 Å². The first kappa shape index (κ1) is 17.3. The van der Waals surface area contributed by atoms with Crippen molar-refractivity contribution in [1.82, 2.24) is 9.97 Å². The molecule has 2 heterocycles. The molecule has 0 aliphatic carbocycles. The monoisotopic (exact) mass is 364 g/mol. The van der Waals surface area contributed by atoms with Crippen LogP contribution in [0, 0.1) is 12.7 Å². The molecule has 0 atom stereocenters. The minimum Gasteiger partial charge on any atom is -0.366 e. The highest BCUT2D eigenvalue weighted by Crippen LogP contribution is 2.23. The Hall–Kier alpha value is -3.15. The summed E-state index contributed by atoms with van der Waals surface area (Å²) in [7, 11) is 0. The summed E-state index contributed by atoms with van der Waals surface area (Å²) < 4.78 is 14.0. The fourth-order valence-electron chi connectivity index (χ4n) is 3.46. The van der Waals surface area contributed by atoms with Crippen LogP contribution in [-0.4, -0.2) is 36.1 Å². The van der Waals surface area contributed by atoms with Gasteiger partial charge in [0.15, 0.2) is 0 Å². The number of aryl methyl sites for hydroxylation is 1. The number of nitrogens with one attached hydrogen (secondary N) is 1. The Bertz CT molecular complexity index is 1010. The third-order valence-electron chi connectivity index (χ3n) is 4.92. The molecule has 6 heteroatoms. The number of rotatable bonds is 3. The molecule has 27 heavy (non-hydrogen) atoms. The van der Waals surface area contributed by atoms with E-state index in [1.54, 1.807) is 12.1 Å². The van der Waals surface area contributed by atoms with Gasteiger partial charge in [0.25, 0.3) is 5.56 Å². The molecular weight excluding hydrogens is 343 g/mol. The van der Waals surface area contributed by atoms with Gasteiger partial charge >= 0.3 is 0 Å². The molecular formula is C21H21FN4O. The second kappa shape index (κ2) is 7.23. The Morgan fingerprint density at radius 2 is 1.63 bits per heavy atom. The molecule has 4 rings (SSSR count). The maximum Gasteiger partial charge on any atom is 0.252 e. The number of halogens is 1. The van der Waals surface area contributed by atoms with Crippen molar-refractivity contribution in [1.29, 1.82) is 0 Å². The highest BCUT2D eigenvalue weighted by atomic mass is 19.1. The Morgan fingerprint density at radius 1 is 0.963 bits per heavy atom. The first-order valence-electron chi connectivity index (χ1n) is 9.03. The molecule has 1 fully saturated rings. The lowest BCUT2D eigenvalue weighted by atomic mass is 10.1. The minimum absolute atomic E-state index is 0.171. The molecule has 5 nitrogen and oxygen atoms in total. The molecule has 1 aliphatic heterocycles. The van der Waals surface area contributed by atoms with Gasteiger partial charge in [0.2, 0.25) is 5.95 Å². The third kappa shape index (κ3) is 3.56. The Labute approximate surface area is 157 Å². The minimum atomic E-state index is -0.209. The average molecular weight is 364 g/mol. The van der Waals surface area contributed by atoms with E-state index >= 15 is 0 Å². The molecule has 0 spiro atoms. The van der Waals surface area contributed by atoms with Crippen molar-refractivity contribution in [3.63, 3.8) is 0 Å². The number of hydrogen-bond acceptors (Lipinski definition) is 4. The van der Waals surface area contributed by atoms with Gasteiger partial charge in [-0.15, -0.1) is 0 Å². The number of anilines is 2. The van der Waals surface area contributed by atoms with E-state index in [1.807, 2.05) is 47.1 Å². The van der Waals surface area contributed by atoms with Crippen molar-refractivity contribution >= 4 is 11.6 Å². The summed E-state index contributed by atoms with van der Waals surface area (Å²) in [5.74, 6) is 0.355. The summed E-state index contributed by atoms with van der Waals surface area (Å²) >= 11 is 0. The van der Waals surface area contributed by atoms with E-state index in [4.69, 9.17) is 0 Å². The summed E-state index contributed by atoms with van der Waals surface area (Å²) in [5, 5.41) is 0. The van der Waals surface area contributed by atoms with Crippen molar-refractivity contribution in [3.05, 3.63) is 76.3 Å². The van der Waals surface area contributed by atoms with Crippen molar-refractivity contribution in [2.24, 2.45) is 0 Å². The number of benzene rings is 2. The van der Waals surface area contributed by atoms with Gasteiger partial charge in [0.05, 0.1) is 11.4 Å². The quantitative estimate of drug-likeness (QED) is 0.775. The van der Waals surface area contributed by atoms with Gasteiger partial charge in [-0.05, 0) is 24.6 Å². The van der Waals surface area contributed by atoms with E-state index in [2.05, 4.69) is 9.97 Å². The van der Waals surface area contributed by atoms with Crippen LogP contribution >= 0.6 is 0 Å². The van der Waals surface area contributed by atoms with Gasteiger partial charge in [-0.1, -0.05) is 36.4 Å². The standard InChI is InChI=1S/C21H21FN4O/c1-15-6-2-3-7-16(15)18-14-20(27)24-21(23-18)26-12-10-25(11-13-26)19-9-5-4-8-17(19)22/h2-9,14H,10-13H2,1H3,(H,23,24,27). The highest BCUT2D eigenvalue weighted by molar-refractivity contribution is 5.64. The number of aromatic amines is 1. The van der Waals surface area contributed by atoms with Crippen LogP contribution < -0.4 is 15.4 Å². The Balaban J connectivity index is 1.56. The van der Waals surface area contributed by atoms with E-state index in [0.717, 1.165) is 11.1 Å². The predicted octanol–water partition coefficient (Wildman–Crippen LogP) is 3.21. The van der Waals surface area contributed by atoms with Crippen LogP contribution in [0.3, 0.4) is 0 Å². The van der Waals surface area contributed by atoms with Gasteiger partial charge in [0, 0.05) is 37.8 Å². The summed E-state index contributed by atoms with van der Waals surface area (Å²) in [4.78, 5) is 23.8. The van der Waals surface area contributed by atoms with Crippen molar-refractivity contribution in [2.75, 3.05) is 36.0 Å². The summed E-state index contributed by atoms with van der Waals surface area (Å²) in [6, 6.07) is 16.2. The lowest BCUT2D eigenvalue weighted by Gasteiger charge is -2.36. The van der Waals surface area contributed by atoms with Crippen molar-refractivity contribution in [2.45, 2.75) is 6.92 Å².